The van der Waals surface area contributed by atoms with Crippen LogP contribution in [0.3, 0.4) is 0 Å². The number of carboxylic acids is 1. The summed E-state index contributed by atoms with van der Waals surface area (Å²) in [5.74, 6) is -2.72. The van der Waals surface area contributed by atoms with Crippen LogP contribution in [-0.2, 0) is 14.4 Å². The molecule has 0 aromatic carbocycles. The average molecular weight is 230 g/mol. The molecule has 0 saturated heterocycles. The molecule has 0 bridgehead atoms. The Balaban J connectivity index is 4.29. The summed E-state index contributed by atoms with van der Waals surface area (Å²) in [6.45, 7) is 3.33. The number of hydrogen-bond donors (Lipinski definition) is 3. The number of nitrogens with one attached hydrogen (secondary N) is 1. The zero-order valence-corrected chi connectivity index (χ0v) is 9.53. The van der Waals surface area contributed by atoms with Crippen molar-refractivity contribution in [3.05, 3.63) is 0 Å². The quantitative estimate of drug-likeness (QED) is 0.505. The second kappa shape index (κ2) is 6.95. The summed E-state index contributed by atoms with van der Waals surface area (Å²) < 4.78 is 0. The number of Topliss-reactive ketones (excluding diaryl/α,β-unsaturated/α-hetero) is 1. The highest BCUT2D eigenvalue weighted by Gasteiger charge is 2.28. The maximum absolute atomic E-state index is 11.6. The molecule has 1 amide bonds. The van der Waals surface area contributed by atoms with E-state index >= 15 is 0 Å². The van der Waals surface area contributed by atoms with Gasteiger partial charge in [0.2, 0.25) is 5.91 Å². The van der Waals surface area contributed by atoms with Gasteiger partial charge in [-0.3, -0.25) is 14.4 Å². The molecule has 0 spiro atoms. The number of ketones is 1. The van der Waals surface area contributed by atoms with E-state index < -0.39 is 17.8 Å². The minimum atomic E-state index is -0.994. The number of carbonyl (C=O) groups excluding carboxylic acids is 2. The molecule has 0 aromatic rings. The largest absolute Gasteiger partial charge is 0.481 e. The van der Waals surface area contributed by atoms with E-state index in [1.807, 2.05) is 0 Å². The Morgan fingerprint density at radius 2 is 1.88 bits per heavy atom. The first-order valence-electron chi connectivity index (χ1n) is 5.12. The number of carboxylic acid groups (broad SMARTS) is 1. The van der Waals surface area contributed by atoms with Crippen molar-refractivity contribution in [2.75, 3.05) is 13.1 Å². The van der Waals surface area contributed by atoms with Gasteiger partial charge >= 0.3 is 5.97 Å². The topological polar surface area (TPSA) is 109 Å². The number of rotatable bonds is 7. The van der Waals surface area contributed by atoms with Crippen LogP contribution >= 0.6 is 0 Å². The lowest BCUT2D eigenvalue weighted by Crippen LogP contribution is -2.41. The zero-order valence-electron chi connectivity index (χ0n) is 9.53. The van der Waals surface area contributed by atoms with Crippen molar-refractivity contribution in [2.24, 2.45) is 17.6 Å². The second-order valence-corrected chi connectivity index (χ2v) is 3.83. The maximum atomic E-state index is 11.6. The van der Waals surface area contributed by atoms with Gasteiger partial charge in [0.1, 0.15) is 5.92 Å². The first-order chi connectivity index (χ1) is 7.40. The van der Waals surface area contributed by atoms with Crippen LogP contribution in [0.4, 0.5) is 0 Å². The fraction of sp³-hybridized carbons (Fsp3) is 0.700. The Labute approximate surface area is 94.2 Å². The van der Waals surface area contributed by atoms with Gasteiger partial charge in [-0.1, -0.05) is 13.8 Å². The van der Waals surface area contributed by atoms with Crippen LogP contribution in [0.1, 0.15) is 20.3 Å². The van der Waals surface area contributed by atoms with Crippen LogP contribution in [0.15, 0.2) is 0 Å². The van der Waals surface area contributed by atoms with Crippen molar-refractivity contribution in [3.8, 4) is 0 Å². The Morgan fingerprint density at radius 3 is 2.25 bits per heavy atom. The van der Waals surface area contributed by atoms with Crippen molar-refractivity contribution in [3.63, 3.8) is 0 Å². The van der Waals surface area contributed by atoms with Gasteiger partial charge in [0.15, 0.2) is 5.78 Å². The molecule has 0 aliphatic carbocycles. The molecule has 0 fully saturated rings. The van der Waals surface area contributed by atoms with Crippen LogP contribution in [0.25, 0.3) is 0 Å². The van der Waals surface area contributed by atoms with Crippen LogP contribution < -0.4 is 11.1 Å². The maximum Gasteiger partial charge on any atom is 0.305 e. The Morgan fingerprint density at radius 1 is 1.31 bits per heavy atom. The van der Waals surface area contributed by atoms with E-state index in [0.29, 0.717) is 0 Å². The minimum absolute atomic E-state index is 0.0231. The molecule has 6 nitrogen and oxygen atoms in total. The molecule has 0 radical (unpaired) electrons. The Kier molecular flexibility index (Phi) is 6.32. The number of amides is 1. The van der Waals surface area contributed by atoms with Crippen molar-refractivity contribution < 1.29 is 19.5 Å². The van der Waals surface area contributed by atoms with E-state index in [1.165, 1.54) is 0 Å². The molecule has 0 rings (SSSR count). The first kappa shape index (κ1) is 14.6. The standard InChI is InChI=1S/C10H18N2O4/c1-6(2)9(7(13)5-11)10(16)12-4-3-8(14)15/h6,9H,3-5,11H2,1-2H3,(H,12,16)(H,14,15). The highest BCUT2D eigenvalue weighted by Crippen LogP contribution is 2.11. The third kappa shape index (κ3) is 4.88. The van der Waals surface area contributed by atoms with Gasteiger partial charge in [-0.2, -0.15) is 0 Å². The zero-order chi connectivity index (χ0) is 12.7. The molecular weight excluding hydrogens is 212 g/mol. The molecule has 4 N–H and O–H groups in total. The summed E-state index contributed by atoms with van der Waals surface area (Å²) in [6, 6.07) is 0. The first-order valence-corrected chi connectivity index (χ1v) is 5.12. The van der Waals surface area contributed by atoms with Crippen LogP contribution in [0.5, 0.6) is 0 Å². The molecule has 6 heteroatoms. The highest BCUT2D eigenvalue weighted by molar-refractivity contribution is 6.02. The molecule has 16 heavy (non-hydrogen) atoms. The molecule has 1 atom stereocenters. The third-order valence-corrected chi connectivity index (χ3v) is 2.14. The number of nitrogens with two attached hydrogens (primary N) is 1. The number of carbonyl (C=O) groups is 3. The Bertz CT molecular complexity index is 276. The second-order valence-electron chi connectivity index (χ2n) is 3.83. The number of aliphatic carboxylic acids is 1. The molecule has 0 heterocycles. The minimum Gasteiger partial charge on any atom is -0.481 e. The molecule has 1 unspecified atom stereocenters. The molecule has 0 aliphatic rings. The normalized spacial score (nSPS) is 12.2. The fourth-order valence-corrected chi connectivity index (χ4v) is 1.35. The number of hydrogen-bond acceptors (Lipinski definition) is 4. The van der Waals surface area contributed by atoms with Crippen molar-refractivity contribution >= 4 is 17.7 Å². The van der Waals surface area contributed by atoms with Gasteiger partial charge in [0.05, 0.1) is 13.0 Å². The predicted octanol–water partition coefficient (Wildman–Crippen LogP) is -0.623. The fourth-order valence-electron chi connectivity index (χ4n) is 1.35. The van der Waals surface area contributed by atoms with E-state index in [9.17, 15) is 14.4 Å². The Hall–Kier alpha value is -1.43. The predicted molar refractivity (Wildman–Crippen MR) is 57.7 cm³/mol. The summed E-state index contributed by atoms with van der Waals surface area (Å²) in [5.41, 5.74) is 5.20. The van der Waals surface area contributed by atoms with E-state index in [2.05, 4.69) is 5.32 Å². The molecule has 0 aromatic heterocycles. The van der Waals surface area contributed by atoms with Gasteiger partial charge in [0, 0.05) is 6.54 Å². The summed E-state index contributed by atoms with van der Waals surface area (Å²) in [5, 5.41) is 10.8. The lowest BCUT2D eigenvalue weighted by Gasteiger charge is -2.17. The average Bonchev–Trinajstić information content (AvgIpc) is 2.16. The third-order valence-electron chi connectivity index (χ3n) is 2.14. The smallest absolute Gasteiger partial charge is 0.305 e. The van der Waals surface area contributed by atoms with Gasteiger partial charge in [0.25, 0.3) is 0 Å². The van der Waals surface area contributed by atoms with Gasteiger partial charge in [-0.15, -0.1) is 0 Å². The van der Waals surface area contributed by atoms with Gasteiger partial charge in [-0.05, 0) is 5.92 Å². The molecule has 0 saturated carbocycles. The molecular formula is C10H18N2O4. The van der Waals surface area contributed by atoms with Crippen molar-refractivity contribution in [1.82, 2.24) is 5.32 Å². The van der Waals surface area contributed by atoms with E-state index in [4.69, 9.17) is 10.8 Å². The van der Waals surface area contributed by atoms with E-state index in [0.717, 1.165) is 0 Å². The van der Waals surface area contributed by atoms with Crippen molar-refractivity contribution in [1.29, 1.82) is 0 Å². The SMILES string of the molecule is CC(C)C(C(=O)CN)C(=O)NCCC(=O)O. The lowest BCUT2D eigenvalue weighted by atomic mass is 9.90. The summed E-state index contributed by atoms with van der Waals surface area (Å²) in [6.07, 6.45) is -0.159. The van der Waals surface area contributed by atoms with Crippen LogP contribution in [0, 0.1) is 11.8 Å². The van der Waals surface area contributed by atoms with Gasteiger partial charge in [-0.25, -0.2) is 0 Å². The molecule has 92 valence electrons. The highest BCUT2D eigenvalue weighted by atomic mass is 16.4. The summed E-state index contributed by atoms with van der Waals surface area (Å²) in [7, 11) is 0. The van der Waals surface area contributed by atoms with Crippen LogP contribution in [0.2, 0.25) is 0 Å². The monoisotopic (exact) mass is 230 g/mol. The van der Waals surface area contributed by atoms with Crippen molar-refractivity contribution in [2.45, 2.75) is 20.3 Å². The van der Waals surface area contributed by atoms with Crippen LogP contribution in [-0.4, -0.2) is 35.9 Å². The lowest BCUT2D eigenvalue weighted by molar-refractivity contribution is -0.137. The molecule has 0 aliphatic heterocycles. The van der Waals surface area contributed by atoms with E-state index in [-0.39, 0.29) is 31.2 Å². The van der Waals surface area contributed by atoms with E-state index in [1.54, 1.807) is 13.8 Å². The summed E-state index contributed by atoms with van der Waals surface area (Å²) in [4.78, 5) is 33.2. The summed E-state index contributed by atoms with van der Waals surface area (Å²) >= 11 is 0. The van der Waals surface area contributed by atoms with Gasteiger partial charge < -0.3 is 16.2 Å².